The summed E-state index contributed by atoms with van der Waals surface area (Å²) in [4.78, 5) is 0.150. The maximum Gasteiger partial charge on any atom is 0.296 e. The molecule has 0 aliphatic heterocycles. The van der Waals surface area contributed by atoms with E-state index in [1.54, 1.807) is 18.2 Å². The smallest absolute Gasteiger partial charge is 0.296 e. The summed E-state index contributed by atoms with van der Waals surface area (Å²) >= 11 is 0. The molecule has 1 aromatic carbocycles. The highest BCUT2D eigenvalue weighted by Gasteiger charge is 2.17. The van der Waals surface area contributed by atoms with E-state index in [4.69, 9.17) is 9.29 Å². The lowest BCUT2D eigenvalue weighted by atomic mass is 10.0. The molecule has 0 aliphatic carbocycles. The van der Waals surface area contributed by atoms with Crippen LogP contribution in [0.2, 0.25) is 0 Å². The van der Waals surface area contributed by atoms with Crippen LogP contribution in [-0.2, 0) is 14.3 Å². The third-order valence-electron chi connectivity index (χ3n) is 2.71. The molecule has 1 aromatic rings. The topological polar surface area (TPSA) is 63.6 Å². The molecule has 1 N–H and O–H groups in total. The molecule has 0 heterocycles. The molecule has 0 aromatic heterocycles. The molecule has 1 rings (SSSR count). The van der Waals surface area contributed by atoms with Gasteiger partial charge in [-0.1, -0.05) is 38.0 Å². The first-order valence-corrected chi connectivity index (χ1v) is 7.56. The van der Waals surface area contributed by atoms with Gasteiger partial charge in [0.15, 0.2) is 0 Å². The number of hydrogen-bond acceptors (Lipinski definition) is 4. The van der Waals surface area contributed by atoms with E-state index in [0.717, 1.165) is 19.3 Å². The molecule has 0 saturated carbocycles. The van der Waals surface area contributed by atoms with Gasteiger partial charge < -0.3 is 5.11 Å². The van der Waals surface area contributed by atoms with E-state index in [0.29, 0.717) is 0 Å². The summed E-state index contributed by atoms with van der Waals surface area (Å²) in [5.74, 6) is -0.122. The number of benzene rings is 1. The van der Waals surface area contributed by atoms with Crippen molar-refractivity contribution in [2.24, 2.45) is 5.92 Å². The molecule has 1 atom stereocenters. The van der Waals surface area contributed by atoms with Gasteiger partial charge in [0.25, 0.3) is 10.1 Å². The molecule has 5 heteroatoms. The number of aliphatic hydroxyl groups excluding tert-OH is 1. The second-order valence-corrected chi connectivity index (χ2v) is 5.86. The Labute approximate surface area is 109 Å². The first-order chi connectivity index (χ1) is 8.60. The van der Waals surface area contributed by atoms with Gasteiger partial charge in [0.2, 0.25) is 0 Å². The lowest BCUT2D eigenvalue weighted by Crippen LogP contribution is -2.17. The van der Waals surface area contributed by atoms with E-state index in [1.807, 2.05) is 0 Å². The Bertz CT molecular complexity index is 428. The van der Waals surface area contributed by atoms with Gasteiger partial charge >= 0.3 is 0 Å². The van der Waals surface area contributed by atoms with Crippen LogP contribution in [0.1, 0.15) is 26.2 Å². The van der Waals surface area contributed by atoms with Crippen molar-refractivity contribution in [3.05, 3.63) is 30.3 Å². The Balaban J connectivity index is 2.56. The van der Waals surface area contributed by atoms with E-state index in [9.17, 15) is 8.42 Å². The minimum Gasteiger partial charge on any atom is -0.396 e. The van der Waals surface area contributed by atoms with E-state index in [1.165, 1.54) is 12.1 Å². The first-order valence-electron chi connectivity index (χ1n) is 6.15. The lowest BCUT2D eigenvalue weighted by Gasteiger charge is -2.13. The van der Waals surface area contributed by atoms with Crippen LogP contribution in [-0.4, -0.2) is 26.7 Å². The summed E-state index contributed by atoms with van der Waals surface area (Å²) in [6, 6.07) is 8.04. The minimum atomic E-state index is -3.70. The summed E-state index contributed by atoms with van der Waals surface area (Å²) in [5.41, 5.74) is 0. The van der Waals surface area contributed by atoms with Gasteiger partial charge in [-0.15, -0.1) is 0 Å². The van der Waals surface area contributed by atoms with Crippen molar-refractivity contribution in [1.82, 2.24) is 0 Å². The highest BCUT2D eigenvalue weighted by molar-refractivity contribution is 7.86. The van der Waals surface area contributed by atoms with Crippen LogP contribution < -0.4 is 0 Å². The summed E-state index contributed by atoms with van der Waals surface area (Å²) < 4.78 is 28.6. The van der Waals surface area contributed by atoms with Crippen molar-refractivity contribution >= 4 is 10.1 Å². The van der Waals surface area contributed by atoms with Gasteiger partial charge in [0.1, 0.15) is 0 Å². The Morgan fingerprint density at radius 3 is 2.50 bits per heavy atom. The normalized spacial score (nSPS) is 13.4. The Morgan fingerprint density at radius 2 is 1.94 bits per heavy atom. The zero-order valence-electron chi connectivity index (χ0n) is 10.6. The molecular formula is C13H20O4S. The van der Waals surface area contributed by atoms with Gasteiger partial charge in [-0.2, -0.15) is 8.42 Å². The summed E-state index contributed by atoms with van der Waals surface area (Å²) in [6.07, 6.45) is 2.75. The number of hydrogen-bond donors (Lipinski definition) is 1. The van der Waals surface area contributed by atoms with Crippen LogP contribution in [0.5, 0.6) is 0 Å². The van der Waals surface area contributed by atoms with E-state index >= 15 is 0 Å². The Morgan fingerprint density at radius 1 is 1.28 bits per heavy atom. The molecule has 0 aliphatic rings. The maximum absolute atomic E-state index is 11.8. The third kappa shape index (κ3) is 4.76. The molecule has 0 bridgehead atoms. The number of unbranched alkanes of at least 4 members (excludes halogenated alkanes) is 1. The van der Waals surface area contributed by atoms with E-state index in [-0.39, 0.29) is 24.0 Å². The van der Waals surface area contributed by atoms with Crippen molar-refractivity contribution in [1.29, 1.82) is 0 Å². The van der Waals surface area contributed by atoms with Crippen molar-refractivity contribution in [2.45, 2.75) is 31.1 Å². The molecule has 102 valence electrons. The van der Waals surface area contributed by atoms with Crippen LogP contribution in [0.25, 0.3) is 0 Å². The minimum absolute atomic E-state index is 0.0354. The lowest BCUT2D eigenvalue weighted by molar-refractivity contribution is 0.157. The van der Waals surface area contributed by atoms with Gasteiger partial charge in [0.05, 0.1) is 11.5 Å². The van der Waals surface area contributed by atoms with Crippen LogP contribution in [0.3, 0.4) is 0 Å². The van der Waals surface area contributed by atoms with E-state index in [2.05, 4.69) is 6.92 Å². The molecule has 1 unspecified atom stereocenters. The standard InChI is InChI=1S/C13H20O4S/c1-2-3-7-12(10-14)11-17-18(15,16)13-8-5-4-6-9-13/h4-6,8-9,12,14H,2-3,7,10-11H2,1H3. The predicted molar refractivity (Wildman–Crippen MR) is 69.7 cm³/mol. The highest BCUT2D eigenvalue weighted by atomic mass is 32.2. The zero-order chi connectivity index (χ0) is 13.4. The molecule has 0 fully saturated rings. The molecule has 18 heavy (non-hydrogen) atoms. The SMILES string of the molecule is CCCCC(CO)COS(=O)(=O)c1ccccc1. The van der Waals surface area contributed by atoms with E-state index < -0.39 is 10.1 Å². The zero-order valence-corrected chi connectivity index (χ0v) is 11.4. The summed E-state index contributed by atoms with van der Waals surface area (Å²) in [6.45, 7) is 2.04. The summed E-state index contributed by atoms with van der Waals surface area (Å²) in [7, 11) is -3.70. The van der Waals surface area contributed by atoms with Crippen LogP contribution >= 0.6 is 0 Å². The summed E-state index contributed by atoms with van der Waals surface area (Å²) in [5, 5.41) is 9.15. The fraction of sp³-hybridized carbons (Fsp3) is 0.538. The predicted octanol–water partition coefficient (Wildman–Crippen LogP) is 2.19. The van der Waals surface area contributed by atoms with Crippen LogP contribution in [0.15, 0.2) is 35.2 Å². The first kappa shape index (κ1) is 15.1. The average Bonchev–Trinajstić information content (AvgIpc) is 2.40. The number of aliphatic hydroxyl groups is 1. The van der Waals surface area contributed by atoms with Crippen LogP contribution in [0.4, 0.5) is 0 Å². The molecule has 0 amide bonds. The maximum atomic E-state index is 11.8. The monoisotopic (exact) mass is 272 g/mol. The fourth-order valence-electron chi connectivity index (χ4n) is 1.56. The second-order valence-electron chi connectivity index (χ2n) is 4.24. The van der Waals surface area contributed by atoms with Gasteiger partial charge in [-0.25, -0.2) is 0 Å². The Kier molecular flexibility index (Phi) is 6.32. The molecular weight excluding hydrogens is 252 g/mol. The molecule has 0 saturated heterocycles. The van der Waals surface area contributed by atoms with Crippen molar-refractivity contribution < 1.29 is 17.7 Å². The molecule has 0 spiro atoms. The van der Waals surface area contributed by atoms with Gasteiger partial charge in [0, 0.05) is 12.5 Å². The van der Waals surface area contributed by atoms with Crippen molar-refractivity contribution in [2.75, 3.05) is 13.2 Å². The molecule has 4 nitrogen and oxygen atoms in total. The van der Waals surface area contributed by atoms with Crippen molar-refractivity contribution in [3.8, 4) is 0 Å². The van der Waals surface area contributed by atoms with Crippen molar-refractivity contribution in [3.63, 3.8) is 0 Å². The largest absolute Gasteiger partial charge is 0.396 e. The Hall–Kier alpha value is -0.910. The quantitative estimate of drug-likeness (QED) is 0.737. The number of rotatable bonds is 8. The molecule has 0 radical (unpaired) electrons. The van der Waals surface area contributed by atoms with Gasteiger partial charge in [-0.3, -0.25) is 4.18 Å². The van der Waals surface area contributed by atoms with Crippen LogP contribution in [0, 0.1) is 5.92 Å². The third-order valence-corrected chi connectivity index (χ3v) is 4.01. The fourth-order valence-corrected chi connectivity index (χ4v) is 2.56. The average molecular weight is 272 g/mol. The van der Waals surface area contributed by atoms with Gasteiger partial charge in [-0.05, 0) is 18.6 Å². The highest BCUT2D eigenvalue weighted by Crippen LogP contribution is 2.15. The second kappa shape index (κ2) is 7.51.